The molecule has 0 saturated carbocycles. The first-order valence-electron chi connectivity index (χ1n) is 5.66. The van der Waals surface area contributed by atoms with Crippen LogP contribution < -0.4 is 11.1 Å². The Morgan fingerprint density at radius 2 is 2.06 bits per heavy atom. The number of anilines is 2. The van der Waals surface area contributed by atoms with Crippen LogP contribution in [0.4, 0.5) is 11.4 Å². The summed E-state index contributed by atoms with van der Waals surface area (Å²) in [6, 6.07) is 5.27. The molecule has 0 radical (unpaired) electrons. The lowest BCUT2D eigenvalue weighted by Gasteiger charge is -2.21. The molecule has 0 fully saturated rings. The highest BCUT2D eigenvalue weighted by Crippen LogP contribution is 2.19. The van der Waals surface area contributed by atoms with Crippen molar-refractivity contribution in [1.82, 2.24) is 0 Å². The van der Waals surface area contributed by atoms with Gasteiger partial charge in [0.05, 0.1) is 7.11 Å². The minimum Gasteiger partial charge on any atom is -0.467 e. The number of carbonyl (C=O) groups is 1. The fourth-order valence-corrected chi connectivity index (χ4v) is 1.57. The smallest absolute Gasteiger partial charge is 0.328 e. The summed E-state index contributed by atoms with van der Waals surface area (Å²) in [5.41, 5.74) is 8.36. The maximum Gasteiger partial charge on any atom is 0.328 e. The van der Waals surface area contributed by atoms with Crippen molar-refractivity contribution in [3.05, 3.63) is 23.8 Å². The molecule has 0 bridgehead atoms. The maximum atomic E-state index is 11.6. The molecule has 1 aromatic rings. The van der Waals surface area contributed by atoms with E-state index in [1.807, 2.05) is 39.0 Å². The van der Waals surface area contributed by atoms with Crippen molar-refractivity contribution in [1.29, 1.82) is 0 Å². The number of aryl methyl sites for hydroxylation is 1. The number of esters is 1. The lowest BCUT2D eigenvalue weighted by molar-refractivity contribution is -0.142. The van der Waals surface area contributed by atoms with Gasteiger partial charge in [-0.3, -0.25) is 0 Å². The van der Waals surface area contributed by atoms with Crippen LogP contribution in [0.25, 0.3) is 0 Å². The van der Waals surface area contributed by atoms with Crippen LogP contribution in [0, 0.1) is 12.8 Å². The SMILES string of the molecule is COC(=O)C(Nc1ccc(N)c(C)c1)C(C)C. The predicted molar refractivity (Wildman–Crippen MR) is 69.9 cm³/mol. The third kappa shape index (κ3) is 3.37. The van der Waals surface area contributed by atoms with Gasteiger partial charge in [-0.15, -0.1) is 0 Å². The van der Waals surface area contributed by atoms with Gasteiger partial charge in [-0.05, 0) is 36.6 Å². The number of ether oxygens (including phenoxy) is 1. The van der Waals surface area contributed by atoms with E-state index in [-0.39, 0.29) is 17.9 Å². The zero-order valence-electron chi connectivity index (χ0n) is 10.8. The van der Waals surface area contributed by atoms with E-state index in [1.165, 1.54) is 7.11 Å². The van der Waals surface area contributed by atoms with Crippen molar-refractivity contribution in [3.63, 3.8) is 0 Å². The minimum atomic E-state index is -0.344. The van der Waals surface area contributed by atoms with E-state index in [2.05, 4.69) is 5.32 Å². The molecular weight excluding hydrogens is 216 g/mol. The fraction of sp³-hybridized carbons (Fsp3) is 0.462. The quantitative estimate of drug-likeness (QED) is 0.621. The highest BCUT2D eigenvalue weighted by molar-refractivity contribution is 5.79. The molecule has 0 aliphatic heterocycles. The summed E-state index contributed by atoms with van der Waals surface area (Å²) in [6.45, 7) is 5.88. The van der Waals surface area contributed by atoms with Crippen molar-refractivity contribution in [3.8, 4) is 0 Å². The molecule has 0 spiro atoms. The van der Waals surface area contributed by atoms with Gasteiger partial charge in [0, 0.05) is 11.4 Å². The Morgan fingerprint density at radius 1 is 1.41 bits per heavy atom. The third-order valence-electron chi connectivity index (χ3n) is 2.71. The molecule has 3 N–H and O–H groups in total. The average molecular weight is 236 g/mol. The molecule has 0 heterocycles. The van der Waals surface area contributed by atoms with Crippen molar-refractivity contribution in [2.24, 2.45) is 5.92 Å². The summed E-state index contributed by atoms with van der Waals surface area (Å²) >= 11 is 0. The summed E-state index contributed by atoms with van der Waals surface area (Å²) in [4.78, 5) is 11.6. The number of carbonyl (C=O) groups excluding carboxylic acids is 1. The Hall–Kier alpha value is -1.71. The summed E-state index contributed by atoms with van der Waals surface area (Å²) in [5.74, 6) is -0.102. The lowest BCUT2D eigenvalue weighted by atomic mass is 10.0. The van der Waals surface area contributed by atoms with Gasteiger partial charge in [0.25, 0.3) is 0 Å². The van der Waals surface area contributed by atoms with Crippen molar-refractivity contribution >= 4 is 17.3 Å². The van der Waals surface area contributed by atoms with Gasteiger partial charge in [-0.1, -0.05) is 13.8 Å². The van der Waals surface area contributed by atoms with Gasteiger partial charge >= 0.3 is 5.97 Å². The van der Waals surface area contributed by atoms with E-state index in [1.54, 1.807) is 0 Å². The van der Waals surface area contributed by atoms with E-state index in [0.29, 0.717) is 0 Å². The van der Waals surface area contributed by atoms with Crippen LogP contribution in [0.15, 0.2) is 18.2 Å². The second-order valence-corrected chi connectivity index (χ2v) is 4.46. The molecule has 94 valence electrons. The van der Waals surface area contributed by atoms with Crippen LogP contribution in [0.3, 0.4) is 0 Å². The molecule has 4 nitrogen and oxygen atoms in total. The number of benzene rings is 1. The molecule has 4 heteroatoms. The largest absolute Gasteiger partial charge is 0.467 e. The standard InChI is InChI=1S/C13H20N2O2/c1-8(2)12(13(16)17-4)15-10-5-6-11(14)9(3)7-10/h5-8,12,15H,14H2,1-4H3. The van der Waals surface area contributed by atoms with Crippen LogP contribution in [0.1, 0.15) is 19.4 Å². The first-order chi connectivity index (χ1) is 7.95. The van der Waals surface area contributed by atoms with Crippen LogP contribution in [0.5, 0.6) is 0 Å². The molecule has 1 rings (SSSR count). The van der Waals surface area contributed by atoms with Crippen molar-refractivity contribution < 1.29 is 9.53 Å². The number of hydrogen-bond donors (Lipinski definition) is 2. The first kappa shape index (κ1) is 13.4. The van der Waals surface area contributed by atoms with Crippen LogP contribution >= 0.6 is 0 Å². The fourth-order valence-electron chi connectivity index (χ4n) is 1.57. The van der Waals surface area contributed by atoms with E-state index in [4.69, 9.17) is 10.5 Å². The number of nitrogens with one attached hydrogen (secondary N) is 1. The summed E-state index contributed by atoms with van der Waals surface area (Å²) < 4.78 is 4.77. The molecule has 17 heavy (non-hydrogen) atoms. The first-order valence-corrected chi connectivity index (χ1v) is 5.66. The van der Waals surface area contributed by atoms with Crippen LogP contribution in [-0.4, -0.2) is 19.1 Å². The second kappa shape index (κ2) is 5.57. The molecule has 0 aliphatic carbocycles. The Kier molecular flexibility index (Phi) is 4.37. The zero-order valence-corrected chi connectivity index (χ0v) is 10.8. The van der Waals surface area contributed by atoms with E-state index < -0.39 is 0 Å². The van der Waals surface area contributed by atoms with Crippen molar-refractivity contribution in [2.45, 2.75) is 26.8 Å². The van der Waals surface area contributed by atoms with Gasteiger partial charge in [0.2, 0.25) is 0 Å². The van der Waals surface area contributed by atoms with E-state index in [0.717, 1.165) is 16.9 Å². The summed E-state index contributed by atoms with van der Waals surface area (Å²) in [7, 11) is 1.40. The molecular formula is C13H20N2O2. The Balaban J connectivity index is 2.86. The van der Waals surface area contributed by atoms with E-state index >= 15 is 0 Å². The molecule has 1 atom stereocenters. The van der Waals surface area contributed by atoms with Gasteiger partial charge in [0.1, 0.15) is 6.04 Å². The van der Waals surface area contributed by atoms with Crippen molar-refractivity contribution in [2.75, 3.05) is 18.2 Å². The molecule has 0 amide bonds. The molecule has 1 aromatic carbocycles. The average Bonchev–Trinajstić information content (AvgIpc) is 2.29. The van der Waals surface area contributed by atoms with Gasteiger partial charge in [-0.2, -0.15) is 0 Å². The number of rotatable bonds is 4. The number of nitrogen functional groups attached to an aromatic ring is 1. The second-order valence-electron chi connectivity index (χ2n) is 4.46. The number of hydrogen-bond acceptors (Lipinski definition) is 4. The summed E-state index contributed by atoms with van der Waals surface area (Å²) in [6.07, 6.45) is 0. The van der Waals surface area contributed by atoms with E-state index in [9.17, 15) is 4.79 Å². The molecule has 0 saturated heterocycles. The van der Waals surface area contributed by atoms with Crippen LogP contribution in [-0.2, 0) is 9.53 Å². The Bertz CT molecular complexity index is 402. The van der Waals surface area contributed by atoms with Crippen LogP contribution in [0.2, 0.25) is 0 Å². The molecule has 0 aliphatic rings. The number of nitrogens with two attached hydrogens (primary N) is 1. The zero-order chi connectivity index (χ0) is 13.0. The lowest BCUT2D eigenvalue weighted by Crippen LogP contribution is -2.35. The summed E-state index contributed by atoms with van der Waals surface area (Å²) in [5, 5.41) is 3.17. The van der Waals surface area contributed by atoms with Gasteiger partial charge in [0.15, 0.2) is 0 Å². The van der Waals surface area contributed by atoms with Gasteiger partial charge in [-0.25, -0.2) is 4.79 Å². The Labute approximate surface area is 102 Å². The highest BCUT2D eigenvalue weighted by Gasteiger charge is 2.22. The Morgan fingerprint density at radius 3 is 2.53 bits per heavy atom. The normalized spacial score (nSPS) is 12.3. The number of methoxy groups -OCH3 is 1. The minimum absolute atomic E-state index is 0.153. The maximum absolute atomic E-state index is 11.6. The molecule has 0 aromatic heterocycles. The monoisotopic (exact) mass is 236 g/mol. The highest BCUT2D eigenvalue weighted by atomic mass is 16.5. The molecule has 1 unspecified atom stereocenters. The third-order valence-corrected chi connectivity index (χ3v) is 2.71. The topological polar surface area (TPSA) is 64.3 Å². The predicted octanol–water partition coefficient (Wildman–Crippen LogP) is 2.19. The van der Waals surface area contributed by atoms with Gasteiger partial charge < -0.3 is 15.8 Å².